The SMILES string of the molecule is COc1ccc(C2/C(=C(\O)c3cc(C)cc(Cl)c3OC)C(=O)C(=O)N2CCOC(C)C)cc1O. The molecule has 0 spiro atoms. The Balaban J connectivity index is 2.22. The van der Waals surface area contributed by atoms with Gasteiger partial charge in [0.2, 0.25) is 0 Å². The Kier molecular flexibility index (Phi) is 7.74. The maximum atomic E-state index is 13.2. The average Bonchev–Trinajstić information content (AvgIpc) is 3.02. The standard InChI is InChI=1S/C25H28ClNO7/c1-13(2)34-9-8-27-21(15-6-7-19(32-4)18(28)12-15)20(23(30)25(27)31)22(29)16-10-14(3)11-17(26)24(16)33-5/h6-7,10-13,21,28-29H,8-9H2,1-5H3/b22-20+. The third kappa shape index (κ3) is 4.83. The fourth-order valence-corrected chi connectivity index (χ4v) is 4.33. The van der Waals surface area contributed by atoms with E-state index in [0.29, 0.717) is 5.56 Å². The van der Waals surface area contributed by atoms with Crippen molar-refractivity contribution in [3.63, 3.8) is 0 Å². The number of phenols is 1. The lowest BCUT2D eigenvalue weighted by atomic mass is 9.94. The highest BCUT2D eigenvalue weighted by Gasteiger charge is 2.46. The Morgan fingerprint density at radius 1 is 1.15 bits per heavy atom. The van der Waals surface area contributed by atoms with E-state index >= 15 is 0 Å². The number of amides is 1. The lowest BCUT2D eigenvalue weighted by Gasteiger charge is -2.26. The first-order valence-corrected chi connectivity index (χ1v) is 11.1. The van der Waals surface area contributed by atoms with Crippen molar-refractivity contribution in [2.45, 2.75) is 32.9 Å². The Hall–Kier alpha value is -3.23. The van der Waals surface area contributed by atoms with Gasteiger partial charge in [0.05, 0.1) is 49.1 Å². The van der Waals surface area contributed by atoms with Crippen LogP contribution in [0.1, 0.15) is 36.6 Å². The number of phenolic OH excluding ortho intramolecular Hbond substituents is 1. The molecule has 0 bridgehead atoms. The van der Waals surface area contributed by atoms with Crippen molar-refractivity contribution < 1.29 is 34.0 Å². The normalized spacial score (nSPS) is 17.5. The third-order valence-electron chi connectivity index (χ3n) is 5.49. The summed E-state index contributed by atoms with van der Waals surface area (Å²) >= 11 is 6.30. The van der Waals surface area contributed by atoms with Crippen LogP contribution >= 0.6 is 11.6 Å². The smallest absolute Gasteiger partial charge is 0.295 e. The van der Waals surface area contributed by atoms with E-state index in [1.165, 1.54) is 31.3 Å². The number of halogens is 1. The van der Waals surface area contributed by atoms with Gasteiger partial charge in [-0.05, 0) is 56.2 Å². The van der Waals surface area contributed by atoms with E-state index in [9.17, 15) is 19.8 Å². The molecule has 1 unspecified atom stereocenters. The van der Waals surface area contributed by atoms with Crippen molar-refractivity contribution in [3.05, 3.63) is 57.6 Å². The molecule has 1 fully saturated rings. The molecule has 0 aliphatic carbocycles. The summed E-state index contributed by atoms with van der Waals surface area (Å²) in [7, 11) is 2.81. The number of methoxy groups -OCH3 is 2. The van der Waals surface area contributed by atoms with Crippen LogP contribution in [-0.2, 0) is 14.3 Å². The van der Waals surface area contributed by atoms with Crippen LogP contribution in [0.15, 0.2) is 35.9 Å². The molecule has 34 heavy (non-hydrogen) atoms. The van der Waals surface area contributed by atoms with Gasteiger partial charge in [0.25, 0.3) is 11.7 Å². The lowest BCUT2D eigenvalue weighted by Crippen LogP contribution is -2.33. The summed E-state index contributed by atoms with van der Waals surface area (Å²) in [5.41, 5.74) is 1.19. The van der Waals surface area contributed by atoms with E-state index in [1.807, 2.05) is 13.8 Å². The minimum Gasteiger partial charge on any atom is -0.507 e. The molecule has 2 N–H and O–H groups in total. The van der Waals surface area contributed by atoms with Crippen molar-refractivity contribution in [1.82, 2.24) is 4.90 Å². The third-order valence-corrected chi connectivity index (χ3v) is 5.77. The first kappa shape index (κ1) is 25.4. The molecule has 2 aromatic carbocycles. The van der Waals surface area contributed by atoms with Gasteiger partial charge in [0.1, 0.15) is 11.5 Å². The molecule has 1 atom stereocenters. The van der Waals surface area contributed by atoms with Crippen molar-refractivity contribution in [1.29, 1.82) is 0 Å². The topological polar surface area (TPSA) is 106 Å². The van der Waals surface area contributed by atoms with Crippen LogP contribution < -0.4 is 9.47 Å². The number of aryl methyl sites for hydroxylation is 1. The van der Waals surface area contributed by atoms with Crippen molar-refractivity contribution in [2.75, 3.05) is 27.4 Å². The van der Waals surface area contributed by atoms with Crippen LogP contribution in [0.4, 0.5) is 0 Å². The van der Waals surface area contributed by atoms with Gasteiger partial charge >= 0.3 is 0 Å². The molecule has 8 nitrogen and oxygen atoms in total. The Bertz CT molecular complexity index is 1140. The Morgan fingerprint density at radius 2 is 1.85 bits per heavy atom. The number of carbonyl (C=O) groups excluding carboxylic acids is 2. The monoisotopic (exact) mass is 489 g/mol. The number of aliphatic hydroxyl groups is 1. The number of likely N-dealkylation sites (tertiary alicyclic amines) is 1. The number of hydrogen-bond donors (Lipinski definition) is 2. The van der Waals surface area contributed by atoms with Crippen LogP contribution in [0.25, 0.3) is 5.76 Å². The second-order valence-electron chi connectivity index (χ2n) is 8.17. The largest absolute Gasteiger partial charge is 0.507 e. The van der Waals surface area contributed by atoms with Gasteiger partial charge in [0, 0.05) is 6.54 Å². The molecule has 9 heteroatoms. The fourth-order valence-electron chi connectivity index (χ4n) is 3.98. The Morgan fingerprint density at radius 3 is 2.44 bits per heavy atom. The first-order chi connectivity index (χ1) is 16.1. The number of nitrogens with zero attached hydrogens (tertiary/aromatic N) is 1. The highest BCUT2D eigenvalue weighted by atomic mass is 35.5. The summed E-state index contributed by atoms with van der Waals surface area (Å²) in [6, 6.07) is 6.87. The zero-order valence-corrected chi connectivity index (χ0v) is 20.5. The molecule has 1 saturated heterocycles. The zero-order chi connectivity index (χ0) is 25.2. The predicted octanol–water partition coefficient (Wildman–Crippen LogP) is 4.22. The van der Waals surface area contributed by atoms with Crippen LogP contribution in [0, 0.1) is 6.92 Å². The second kappa shape index (κ2) is 10.4. The number of rotatable bonds is 8. The van der Waals surface area contributed by atoms with Gasteiger partial charge < -0.3 is 29.3 Å². The summed E-state index contributed by atoms with van der Waals surface area (Å²) in [5, 5.41) is 21.9. The minimum atomic E-state index is -0.975. The van der Waals surface area contributed by atoms with E-state index in [0.717, 1.165) is 5.56 Å². The Labute approximate surface area is 203 Å². The molecule has 1 aliphatic rings. The molecule has 0 saturated carbocycles. The van der Waals surface area contributed by atoms with Crippen LogP contribution in [0.3, 0.4) is 0 Å². The van der Waals surface area contributed by atoms with Gasteiger partial charge in [-0.25, -0.2) is 0 Å². The van der Waals surface area contributed by atoms with E-state index in [1.54, 1.807) is 25.1 Å². The van der Waals surface area contributed by atoms with Crippen molar-refractivity contribution in [3.8, 4) is 17.2 Å². The molecule has 0 radical (unpaired) electrons. The number of Topliss-reactive ketones (excluding diaryl/α,β-unsaturated/α-hetero) is 1. The summed E-state index contributed by atoms with van der Waals surface area (Å²) in [4.78, 5) is 27.5. The second-order valence-corrected chi connectivity index (χ2v) is 8.58. The quantitative estimate of drug-likeness (QED) is 0.325. The maximum absolute atomic E-state index is 13.2. The zero-order valence-electron chi connectivity index (χ0n) is 19.7. The fraction of sp³-hybridized carbons (Fsp3) is 0.360. The molecular formula is C25H28ClNO7. The predicted molar refractivity (Wildman–Crippen MR) is 127 cm³/mol. The van der Waals surface area contributed by atoms with E-state index in [4.69, 9.17) is 25.8 Å². The van der Waals surface area contributed by atoms with E-state index < -0.39 is 23.5 Å². The number of carbonyl (C=O) groups is 2. The summed E-state index contributed by atoms with van der Waals surface area (Å²) in [6.07, 6.45) is -0.0704. The van der Waals surface area contributed by atoms with E-state index in [2.05, 4.69) is 0 Å². The number of hydrogen-bond acceptors (Lipinski definition) is 7. The molecule has 182 valence electrons. The van der Waals surface area contributed by atoms with Crippen LogP contribution in [0.5, 0.6) is 17.2 Å². The van der Waals surface area contributed by atoms with Gasteiger partial charge in [0.15, 0.2) is 11.5 Å². The van der Waals surface area contributed by atoms with Gasteiger partial charge in [-0.3, -0.25) is 9.59 Å². The first-order valence-electron chi connectivity index (χ1n) is 10.7. The lowest BCUT2D eigenvalue weighted by molar-refractivity contribution is -0.140. The maximum Gasteiger partial charge on any atom is 0.295 e. The number of benzene rings is 2. The van der Waals surface area contributed by atoms with Crippen molar-refractivity contribution >= 4 is 29.1 Å². The van der Waals surface area contributed by atoms with Crippen molar-refractivity contribution in [2.24, 2.45) is 0 Å². The van der Waals surface area contributed by atoms with Gasteiger partial charge in [-0.1, -0.05) is 17.7 Å². The van der Waals surface area contributed by atoms with Gasteiger partial charge in [-0.15, -0.1) is 0 Å². The van der Waals surface area contributed by atoms with Gasteiger partial charge in [-0.2, -0.15) is 0 Å². The number of aromatic hydroxyl groups is 1. The summed E-state index contributed by atoms with van der Waals surface area (Å²) in [6.45, 7) is 5.79. The summed E-state index contributed by atoms with van der Waals surface area (Å²) in [5.74, 6) is -1.83. The summed E-state index contributed by atoms with van der Waals surface area (Å²) < 4.78 is 16.1. The number of aliphatic hydroxyl groups excluding tert-OH is 1. The highest BCUT2D eigenvalue weighted by molar-refractivity contribution is 6.46. The van der Waals surface area contributed by atoms with Crippen LogP contribution in [0.2, 0.25) is 5.02 Å². The molecule has 1 aliphatic heterocycles. The van der Waals surface area contributed by atoms with Crippen LogP contribution in [-0.4, -0.2) is 60.3 Å². The van der Waals surface area contributed by atoms with E-state index in [-0.39, 0.29) is 52.7 Å². The molecule has 3 rings (SSSR count). The molecule has 0 aromatic heterocycles. The minimum absolute atomic E-state index is 0.0704. The highest BCUT2D eigenvalue weighted by Crippen LogP contribution is 2.44. The molecule has 2 aromatic rings. The average molecular weight is 490 g/mol. The number of ether oxygens (including phenoxy) is 3. The molecular weight excluding hydrogens is 462 g/mol. The molecule has 1 heterocycles. The number of ketones is 1. The molecule has 1 amide bonds.